The van der Waals surface area contributed by atoms with E-state index in [1.165, 1.54) is 0 Å². The molecule has 7 heteroatoms. The third-order valence-electron chi connectivity index (χ3n) is 2.89. The molecule has 1 saturated heterocycles. The molecule has 0 aliphatic carbocycles. The second-order valence-electron chi connectivity index (χ2n) is 4.68. The molecule has 0 aromatic rings. The fourth-order valence-electron chi connectivity index (χ4n) is 2.05. The van der Waals surface area contributed by atoms with E-state index in [2.05, 4.69) is 12.2 Å². The molecule has 0 aromatic heterocycles. The monoisotopic (exact) mass is 285 g/mol. The summed E-state index contributed by atoms with van der Waals surface area (Å²) in [6, 6.07) is 0. The lowest BCUT2D eigenvalue weighted by Crippen LogP contribution is -2.41. The zero-order valence-electron chi connectivity index (χ0n) is 10.4. The van der Waals surface area contributed by atoms with Crippen molar-refractivity contribution in [2.75, 3.05) is 6.61 Å². The molecular formula is C11H18F3NO2S. The highest BCUT2D eigenvalue weighted by molar-refractivity contribution is 7.80. The summed E-state index contributed by atoms with van der Waals surface area (Å²) in [4.78, 5) is -0.573. The Kier molecular flexibility index (Phi) is 5.36. The molecular weight excluding hydrogens is 267 g/mol. The van der Waals surface area contributed by atoms with Crippen LogP contribution in [0.25, 0.3) is 0 Å². The van der Waals surface area contributed by atoms with Crippen molar-refractivity contribution >= 4 is 17.2 Å². The van der Waals surface area contributed by atoms with Crippen molar-refractivity contribution in [2.45, 2.75) is 51.2 Å². The van der Waals surface area contributed by atoms with Gasteiger partial charge < -0.3 is 15.2 Å². The number of alkyl halides is 3. The molecule has 0 radical (unpaired) electrons. The van der Waals surface area contributed by atoms with Gasteiger partial charge in [0.1, 0.15) is 5.92 Å². The standard InChI is InChI=1S/C11H18F3NO2S/c1-6-3-8(4-7(2)17-6)16-5-9(10(15)18)11(12,13)14/h6-9H,3-5H2,1-2H3,(H2,15,18). The third kappa shape index (κ3) is 4.70. The fraction of sp³-hybridized carbons (Fsp3) is 0.909. The van der Waals surface area contributed by atoms with Crippen molar-refractivity contribution in [1.29, 1.82) is 0 Å². The molecule has 1 heterocycles. The van der Waals surface area contributed by atoms with Crippen LogP contribution in [-0.4, -0.2) is 36.1 Å². The number of rotatable bonds is 4. The SMILES string of the molecule is CC1CC(OCC(C(N)=S)C(F)(F)F)CC(C)O1. The van der Waals surface area contributed by atoms with Crippen LogP contribution in [0.4, 0.5) is 13.2 Å². The van der Waals surface area contributed by atoms with Crippen LogP contribution < -0.4 is 5.73 Å². The lowest BCUT2D eigenvalue weighted by atomic mass is 10.0. The minimum Gasteiger partial charge on any atom is -0.393 e. The van der Waals surface area contributed by atoms with Gasteiger partial charge in [-0.2, -0.15) is 13.2 Å². The van der Waals surface area contributed by atoms with Crippen LogP contribution in [0.2, 0.25) is 0 Å². The van der Waals surface area contributed by atoms with Crippen molar-refractivity contribution in [3.63, 3.8) is 0 Å². The van der Waals surface area contributed by atoms with E-state index in [1.54, 1.807) is 0 Å². The summed E-state index contributed by atoms with van der Waals surface area (Å²) in [6.07, 6.45) is -3.52. The largest absolute Gasteiger partial charge is 0.400 e. The van der Waals surface area contributed by atoms with Gasteiger partial charge in [-0.3, -0.25) is 0 Å². The Morgan fingerprint density at radius 3 is 2.28 bits per heavy atom. The van der Waals surface area contributed by atoms with Gasteiger partial charge in [0, 0.05) is 0 Å². The molecule has 0 aromatic carbocycles. The molecule has 3 nitrogen and oxygen atoms in total. The average molecular weight is 285 g/mol. The van der Waals surface area contributed by atoms with Gasteiger partial charge in [-0.25, -0.2) is 0 Å². The Bertz CT molecular complexity index is 289. The second kappa shape index (κ2) is 6.16. The van der Waals surface area contributed by atoms with E-state index in [9.17, 15) is 13.2 Å². The average Bonchev–Trinajstić information content (AvgIpc) is 2.12. The smallest absolute Gasteiger partial charge is 0.393 e. The maximum absolute atomic E-state index is 12.6. The Balaban J connectivity index is 2.50. The normalized spacial score (nSPS) is 31.1. The summed E-state index contributed by atoms with van der Waals surface area (Å²) >= 11 is 4.43. The van der Waals surface area contributed by atoms with Crippen LogP contribution in [-0.2, 0) is 9.47 Å². The fourth-order valence-corrected chi connectivity index (χ4v) is 2.25. The number of hydrogen-bond donors (Lipinski definition) is 1. The summed E-state index contributed by atoms with van der Waals surface area (Å²) in [5.41, 5.74) is 5.10. The Labute approximate surface area is 110 Å². The van der Waals surface area contributed by atoms with Crippen LogP contribution >= 0.6 is 12.2 Å². The first kappa shape index (κ1) is 15.7. The van der Waals surface area contributed by atoms with Crippen molar-refractivity contribution in [1.82, 2.24) is 0 Å². The molecule has 1 aliphatic rings. The summed E-state index contributed by atoms with van der Waals surface area (Å²) in [6.45, 7) is 3.24. The lowest BCUT2D eigenvalue weighted by molar-refractivity contribution is -0.179. The van der Waals surface area contributed by atoms with Crippen molar-refractivity contribution < 1.29 is 22.6 Å². The van der Waals surface area contributed by atoms with E-state index >= 15 is 0 Å². The summed E-state index contributed by atoms with van der Waals surface area (Å²) in [7, 11) is 0. The van der Waals surface area contributed by atoms with Crippen molar-refractivity contribution in [2.24, 2.45) is 11.7 Å². The van der Waals surface area contributed by atoms with Crippen LogP contribution in [0, 0.1) is 5.92 Å². The molecule has 1 aliphatic heterocycles. The Hall–Kier alpha value is -0.400. The van der Waals surface area contributed by atoms with Gasteiger partial charge >= 0.3 is 6.18 Å². The van der Waals surface area contributed by atoms with E-state index in [4.69, 9.17) is 15.2 Å². The maximum atomic E-state index is 12.6. The van der Waals surface area contributed by atoms with E-state index in [-0.39, 0.29) is 18.3 Å². The molecule has 0 spiro atoms. The van der Waals surface area contributed by atoms with Crippen molar-refractivity contribution in [3.05, 3.63) is 0 Å². The van der Waals surface area contributed by atoms with E-state index < -0.39 is 23.7 Å². The highest BCUT2D eigenvalue weighted by Gasteiger charge is 2.42. The third-order valence-corrected chi connectivity index (χ3v) is 3.18. The zero-order chi connectivity index (χ0) is 13.9. The number of thiocarbonyl (C=S) groups is 1. The Morgan fingerprint density at radius 1 is 1.39 bits per heavy atom. The van der Waals surface area contributed by atoms with Gasteiger partial charge in [0.25, 0.3) is 0 Å². The number of halogens is 3. The summed E-state index contributed by atoms with van der Waals surface area (Å²) in [5.74, 6) is -1.87. The van der Waals surface area contributed by atoms with Crippen LogP contribution in [0.5, 0.6) is 0 Å². The van der Waals surface area contributed by atoms with E-state index in [0.717, 1.165) is 0 Å². The number of hydrogen-bond acceptors (Lipinski definition) is 3. The molecule has 0 amide bonds. The Morgan fingerprint density at radius 2 is 1.89 bits per heavy atom. The number of nitrogens with two attached hydrogens (primary N) is 1. The first-order chi connectivity index (χ1) is 8.20. The molecule has 3 atom stereocenters. The minimum absolute atomic E-state index is 0.00656. The van der Waals surface area contributed by atoms with Crippen molar-refractivity contribution in [3.8, 4) is 0 Å². The molecule has 1 rings (SSSR count). The maximum Gasteiger partial charge on any atom is 0.400 e. The number of ether oxygens (including phenoxy) is 2. The molecule has 0 saturated carbocycles. The predicted molar refractivity (Wildman–Crippen MR) is 65.3 cm³/mol. The van der Waals surface area contributed by atoms with Gasteiger partial charge in [0.2, 0.25) is 0 Å². The highest BCUT2D eigenvalue weighted by atomic mass is 32.1. The van der Waals surface area contributed by atoms with Crippen LogP contribution in [0.1, 0.15) is 26.7 Å². The van der Waals surface area contributed by atoms with Gasteiger partial charge in [-0.1, -0.05) is 12.2 Å². The van der Waals surface area contributed by atoms with Gasteiger partial charge in [-0.15, -0.1) is 0 Å². The molecule has 18 heavy (non-hydrogen) atoms. The van der Waals surface area contributed by atoms with E-state index in [0.29, 0.717) is 12.8 Å². The quantitative estimate of drug-likeness (QED) is 0.806. The van der Waals surface area contributed by atoms with Gasteiger partial charge in [-0.05, 0) is 26.7 Å². The van der Waals surface area contributed by atoms with E-state index in [1.807, 2.05) is 13.8 Å². The second-order valence-corrected chi connectivity index (χ2v) is 5.15. The first-order valence-electron chi connectivity index (χ1n) is 5.83. The summed E-state index contributed by atoms with van der Waals surface area (Å²) < 4.78 is 48.6. The first-order valence-corrected chi connectivity index (χ1v) is 6.24. The van der Waals surface area contributed by atoms with Crippen LogP contribution in [0.3, 0.4) is 0 Å². The lowest BCUT2D eigenvalue weighted by Gasteiger charge is -2.33. The molecule has 2 N–H and O–H groups in total. The summed E-state index contributed by atoms with van der Waals surface area (Å²) in [5, 5.41) is 0. The molecule has 3 unspecified atom stereocenters. The molecule has 0 bridgehead atoms. The predicted octanol–water partition coefficient (Wildman–Crippen LogP) is 2.42. The van der Waals surface area contributed by atoms with Gasteiger partial charge in [0.15, 0.2) is 0 Å². The highest BCUT2D eigenvalue weighted by Crippen LogP contribution is 2.29. The zero-order valence-corrected chi connectivity index (χ0v) is 11.2. The minimum atomic E-state index is -4.45. The van der Waals surface area contributed by atoms with Gasteiger partial charge in [0.05, 0.1) is 29.9 Å². The molecule has 106 valence electrons. The molecule has 1 fully saturated rings. The van der Waals surface area contributed by atoms with Crippen LogP contribution in [0.15, 0.2) is 0 Å². The topological polar surface area (TPSA) is 44.5 Å².